The molecule has 1 heterocycles. The number of halogens is 1. The first kappa shape index (κ1) is 22.2. The van der Waals surface area contributed by atoms with Gasteiger partial charge in [0.05, 0.1) is 0 Å². The molecular weight excluding hydrogens is 316 g/mol. The third-order valence-electron chi connectivity index (χ3n) is 4.74. The molecule has 4 atom stereocenters. The van der Waals surface area contributed by atoms with E-state index in [-0.39, 0.29) is 30.4 Å². The Morgan fingerprint density at radius 2 is 1.96 bits per heavy atom. The Kier molecular flexibility index (Phi) is 10.5. The van der Waals surface area contributed by atoms with Crippen LogP contribution in [0.4, 0.5) is 0 Å². The van der Waals surface area contributed by atoms with E-state index in [1.807, 2.05) is 6.92 Å². The van der Waals surface area contributed by atoms with Gasteiger partial charge in [0.15, 0.2) is 0 Å². The zero-order chi connectivity index (χ0) is 16.7. The van der Waals surface area contributed by atoms with E-state index < -0.39 is 5.97 Å². The van der Waals surface area contributed by atoms with Crippen molar-refractivity contribution in [1.29, 1.82) is 0 Å². The fraction of sp³-hybridized carbons (Fsp3) is 0.882. The maximum atomic E-state index is 11.5. The molecule has 0 aromatic carbocycles. The summed E-state index contributed by atoms with van der Waals surface area (Å²) >= 11 is 0. The van der Waals surface area contributed by atoms with E-state index in [0.717, 1.165) is 45.2 Å². The smallest absolute Gasteiger partial charge is 0.320 e. The molecule has 1 fully saturated rings. The maximum absolute atomic E-state index is 11.5. The lowest BCUT2D eigenvalue weighted by molar-refractivity contribution is -0.142. The van der Waals surface area contributed by atoms with Crippen molar-refractivity contribution in [1.82, 2.24) is 10.2 Å². The Morgan fingerprint density at radius 1 is 1.30 bits per heavy atom. The van der Waals surface area contributed by atoms with Crippen molar-refractivity contribution in [2.45, 2.75) is 71.9 Å². The third kappa shape index (κ3) is 7.08. The van der Waals surface area contributed by atoms with Gasteiger partial charge >= 0.3 is 5.97 Å². The van der Waals surface area contributed by atoms with Gasteiger partial charge in [0.1, 0.15) is 6.04 Å². The Balaban J connectivity index is 0.00000484. The highest BCUT2D eigenvalue weighted by molar-refractivity contribution is 5.85. The molecule has 136 valence electrons. The van der Waals surface area contributed by atoms with Crippen molar-refractivity contribution in [2.24, 2.45) is 11.8 Å². The Bertz CT molecular complexity index is 379. The van der Waals surface area contributed by atoms with Gasteiger partial charge in [-0.15, -0.1) is 12.4 Å². The van der Waals surface area contributed by atoms with Crippen LogP contribution in [0.3, 0.4) is 0 Å². The predicted molar refractivity (Wildman–Crippen MR) is 94.9 cm³/mol. The first-order valence-electron chi connectivity index (χ1n) is 8.62. The van der Waals surface area contributed by atoms with Crippen LogP contribution in [0.5, 0.6) is 0 Å². The Labute approximate surface area is 146 Å². The van der Waals surface area contributed by atoms with Gasteiger partial charge in [-0.2, -0.15) is 0 Å². The van der Waals surface area contributed by atoms with Gasteiger partial charge in [0.25, 0.3) is 0 Å². The van der Waals surface area contributed by atoms with Crippen LogP contribution in [0.2, 0.25) is 0 Å². The summed E-state index contributed by atoms with van der Waals surface area (Å²) in [4.78, 5) is 25.0. The van der Waals surface area contributed by atoms with E-state index in [1.54, 1.807) is 0 Å². The van der Waals surface area contributed by atoms with Crippen LogP contribution in [-0.4, -0.2) is 47.1 Å². The number of likely N-dealkylation sites (tertiary alicyclic amines) is 1. The molecule has 0 aromatic heterocycles. The van der Waals surface area contributed by atoms with Crippen molar-refractivity contribution >= 4 is 24.3 Å². The van der Waals surface area contributed by atoms with Crippen LogP contribution in [-0.2, 0) is 9.59 Å². The molecule has 0 aliphatic carbocycles. The lowest BCUT2D eigenvalue weighted by atomic mass is 9.95. The van der Waals surface area contributed by atoms with Crippen LogP contribution >= 0.6 is 12.4 Å². The molecule has 1 rings (SSSR count). The average molecular weight is 349 g/mol. The standard InChI is InChI=1S/C17H32N2O3.ClH/c1-5-7-14-9-16(17(21)22)19(10-14)11-15(8-6-2)12(3)18-13(4)20;/h12,14-16H,5-11H2,1-4H3,(H,18,20)(H,21,22);1H/t12?,14?,15-,16?;/m0./s1. The summed E-state index contributed by atoms with van der Waals surface area (Å²) in [6.07, 6.45) is 5.00. The average Bonchev–Trinajstić information content (AvgIpc) is 2.81. The number of carboxylic acid groups (broad SMARTS) is 1. The number of nitrogens with zero attached hydrogens (tertiary/aromatic N) is 1. The summed E-state index contributed by atoms with van der Waals surface area (Å²) in [6, 6.07) is -0.280. The number of carboxylic acids is 1. The molecule has 5 nitrogen and oxygen atoms in total. The van der Waals surface area contributed by atoms with Crippen molar-refractivity contribution in [3.05, 3.63) is 0 Å². The van der Waals surface area contributed by atoms with E-state index in [1.165, 1.54) is 6.92 Å². The molecule has 1 aliphatic heterocycles. The van der Waals surface area contributed by atoms with E-state index in [4.69, 9.17) is 0 Å². The van der Waals surface area contributed by atoms with Gasteiger partial charge in [-0.1, -0.05) is 26.7 Å². The van der Waals surface area contributed by atoms with E-state index in [9.17, 15) is 14.7 Å². The van der Waals surface area contributed by atoms with Crippen molar-refractivity contribution in [3.63, 3.8) is 0 Å². The SMILES string of the molecule is CCCC1CC(C(=O)O)N(C[C@H](CCC)C(C)NC(C)=O)C1.Cl. The number of nitrogens with one attached hydrogen (secondary N) is 1. The van der Waals surface area contributed by atoms with Gasteiger partial charge in [-0.3, -0.25) is 14.5 Å². The highest BCUT2D eigenvalue weighted by Crippen LogP contribution is 2.29. The molecule has 23 heavy (non-hydrogen) atoms. The van der Waals surface area contributed by atoms with Gasteiger partial charge in [-0.05, 0) is 38.0 Å². The zero-order valence-electron chi connectivity index (χ0n) is 14.9. The molecular formula is C17H33ClN2O3. The molecule has 1 saturated heterocycles. The number of carbonyl (C=O) groups excluding carboxylic acids is 1. The highest BCUT2D eigenvalue weighted by Gasteiger charge is 2.37. The maximum Gasteiger partial charge on any atom is 0.320 e. The van der Waals surface area contributed by atoms with Crippen LogP contribution in [0.1, 0.15) is 59.8 Å². The Hall–Kier alpha value is -0.810. The van der Waals surface area contributed by atoms with Gasteiger partial charge in [0, 0.05) is 26.1 Å². The molecule has 3 unspecified atom stereocenters. The summed E-state index contributed by atoms with van der Waals surface area (Å²) in [7, 11) is 0. The zero-order valence-corrected chi connectivity index (χ0v) is 15.7. The monoisotopic (exact) mass is 348 g/mol. The largest absolute Gasteiger partial charge is 0.480 e. The quantitative estimate of drug-likeness (QED) is 0.672. The normalized spacial score (nSPS) is 23.8. The number of amides is 1. The van der Waals surface area contributed by atoms with E-state index in [2.05, 4.69) is 24.1 Å². The summed E-state index contributed by atoms with van der Waals surface area (Å²) in [5.74, 6) is 0.0651. The van der Waals surface area contributed by atoms with Crippen LogP contribution in [0.25, 0.3) is 0 Å². The first-order valence-corrected chi connectivity index (χ1v) is 8.62. The topological polar surface area (TPSA) is 69.6 Å². The second-order valence-corrected chi connectivity index (χ2v) is 6.74. The van der Waals surface area contributed by atoms with Crippen molar-refractivity contribution in [2.75, 3.05) is 13.1 Å². The molecule has 6 heteroatoms. The van der Waals surface area contributed by atoms with Crippen LogP contribution < -0.4 is 5.32 Å². The fourth-order valence-electron chi connectivity index (χ4n) is 3.68. The molecule has 0 saturated carbocycles. The van der Waals surface area contributed by atoms with Crippen LogP contribution in [0, 0.1) is 11.8 Å². The van der Waals surface area contributed by atoms with E-state index in [0.29, 0.717) is 11.8 Å². The fourth-order valence-corrected chi connectivity index (χ4v) is 3.68. The molecule has 0 spiro atoms. The van der Waals surface area contributed by atoms with Gasteiger partial charge in [0.2, 0.25) is 5.91 Å². The minimum Gasteiger partial charge on any atom is -0.480 e. The van der Waals surface area contributed by atoms with Gasteiger partial charge < -0.3 is 10.4 Å². The molecule has 0 aromatic rings. The lowest BCUT2D eigenvalue weighted by Crippen LogP contribution is -2.45. The van der Waals surface area contributed by atoms with Crippen LogP contribution in [0.15, 0.2) is 0 Å². The number of hydrogen-bond donors (Lipinski definition) is 2. The minimum absolute atomic E-state index is 0. The predicted octanol–water partition coefficient (Wildman–Crippen LogP) is 2.92. The van der Waals surface area contributed by atoms with Crippen molar-refractivity contribution < 1.29 is 14.7 Å². The molecule has 0 bridgehead atoms. The molecule has 0 radical (unpaired) electrons. The number of hydrogen-bond acceptors (Lipinski definition) is 3. The minimum atomic E-state index is -0.707. The van der Waals surface area contributed by atoms with E-state index >= 15 is 0 Å². The highest BCUT2D eigenvalue weighted by atomic mass is 35.5. The number of rotatable bonds is 9. The molecule has 1 aliphatic rings. The van der Waals surface area contributed by atoms with Crippen molar-refractivity contribution in [3.8, 4) is 0 Å². The summed E-state index contributed by atoms with van der Waals surface area (Å²) in [5.41, 5.74) is 0. The number of carbonyl (C=O) groups is 2. The number of aliphatic carboxylic acids is 1. The Morgan fingerprint density at radius 3 is 2.43 bits per heavy atom. The lowest BCUT2D eigenvalue weighted by Gasteiger charge is -2.31. The summed E-state index contributed by atoms with van der Waals surface area (Å²) in [5, 5.41) is 12.5. The molecule has 2 N–H and O–H groups in total. The summed E-state index contributed by atoms with van der Waals surface area (Å²) < 4.78 is 0. The molecule has 1 amide bonds. The second-order valence-electron chi connectivity index (χ2n) is 6.74. The second kappa shape index (κ2) is 10.9. The first-order chi connectivity index (χ1) is 10.4. The van der Waals surface area contributed by atoms with Gasteiger partial charge in [-0.25, -0.2) is 0 Å². The summed E-state index contributed by atoms with van der Waals surface area (Å²) in [6.45, 7) is 9.47. The third-order valence-corrected chi connectivity index (χ3v) is 4.74.